The molecule has 4 rings (SSSR count). The number of piperazine rings is 1. The Balaban J connectivity index is 0.00000121. The average Bonchev–Trinajstić information content (AvgIpc) is 3.34. The number of piperidine rings is 1. The van der Waals surface area contributed by atoms with Gasteiger partial charge in [-0.15, -0.1) is 24.8 Å². The van der Waals surface area contributed by atoms with Gasteiger partial charge >= 0.3 is 0 Å². The monoisotopic (exact) mass is 399 g/mol. The van der Waals surface area contributed by atoms with Crippen molar-refractivity contribution in [2.75, 3.05) is 45.8 Å². The molecule has 1 N–H and O–H groups in total. The third-order valence-corrected chi connectivity index (χ3v) is 6.33. The molecular formula is C20H31Cl2N3O. The average molecular weight is 400 g/mol. The highest BCUT2D eigenvalue weighted by Gasteiger charge is 2.58. The molecule has 26 heavy (non-hydrogen) atoms. The number of nitrogens with zero attached hydrogens (tertiary/aromatic N) is 2. The fraction of sp³-hybridized carbons (Fsp3) is 0.650. The Morgan fingerprint density at radius 2 is 1.69 bits per heavy atom. The van der Waals surface area contributed by atoms with E-state index >= 15 is 0 Å². The van der Waals surface area contributed by atoms with E-state index in [1.807, 2.05) is 0 Å². The summed E-state index contributed by atoms with van der Waals surface area (Å²) < 4.78 is 0. The Labute approximate surface area is 169 Å². The van der Waals surface area contributed by atoms with Crippen LogP contribution in [0.15, 0.2) is 30.3 Å². The van der Waals surface area contributed by atoms with E-state index < -0.39 is 0 Å². The topological polar surface area (TPSA) is 35.6 Å². The molecule has 0 radical (unpaired) electrons. The van der Waals surface area contributed by atoms with E-state index in [1.165, 1.54) is 18.4 Å². The highest BCUT2D eigenvalue weighted by molar-refractivity contribution is 5.85. The Hall–Kier alpha value is -0.810. The SMILES string of the molecule is Cl.Cl.O=C(C1CC12CCNCC2)N1CCN(CCc2ccccc2)CC1. The van der Waals surface area contributed by atoms with Gasteiger partial charge in [0.05, 0.1) is 0 Å². The summed E-state index contributed by atoms with van der Waals surface area (Å²) in [5, 5.41) is 3.42. The molecule has 4 nitrogen and oxygen atoms in total. The van der Waals surface area contributed by atoms with Gasteiger partial charge in [-0.1, -0.05) is 30.3 Å². The van der Waals surface area contributed by atoms with Crippen molar-refractivity contribution >= 4 is 30.7 Å². The summed E-state index contributed by atoms with van der Waals surface area (Å²) in [6, 6.07) is 10.7. The summed E-state index contributed by atoms with van der Waals surface area (Å²) in [5.74, 6) is 0.773. The second-order valence-electron chi connectivity index (χ2n) is 7.77. The first-order valence-electron chi connectivity index (χ1n) is 9.53. The third kappa shape index (κ3) is 4.72. The molecular weight excluding hydrogens is 369 g/mol. The Bertz CT molecular complexity index is 570. The number of nitrogens with one attached hydrogen (secondary N) is 1. The first kappa shape index (κ1) is 21.5. The molecule has 3 fully saturated rings. The first-order valence-corrected chi connectivity index (χ1v) is 9.53. The van der Waals surface area contributed by atoms with Gasteiger partial charge in [-0.25, -0.2) is 0 Å². The lowest BCUT2D eigenvalue weighted by molar-refractivity contribution is -0.135. The van der Waals surface area contributed by atoms with Gasteiger partial charge in [0, 0.05) is 38.6 Å². The van der Waals surface area contributed by atoms with Crippen molar-refractivity contribution < 1.29 is 4.79 Å². The van der Waals surface area contributed by atoms with Crippen molar-refractivity contribution in [1.82, 2.24) is 15.1 Å². The number of hydrogen-bond donors (Lipinski definition) is 1. The molecule has 1 amide bonds. The van der Waals surface area contributed by atoms with Crippen LogP contribution in [0, 0.1) is 11.3 Å². The predicted molar refractivity (Wildman–Crippen MR) is 110 cm³/mol. The van der Waals surface area contributed by atoms with Crippen molar-refractivity contribution in [3.63, 3.8) is 0 Å². The van der Waals surface area contributed by atoms with Gasteiger partial charge < -0.3 is 10.2 Å². The molecule has 146 valence electrons. The molecule has 6 heteroatoms. The summed E-state index contributed by atoms with van der Waals surface area (Å²) in [7, 11) is 0. The lowest BCUT2D eigenvalue weighted by Gasteiger charge is -2.35. The van der Waals surface area contributed by atoms with Crippen molar-refractivity contribution in [2.45, 2.75) is 25.7 Å². The largest absolute Gasteiger partial charge is 0.340 e. The number of carbonyl (C=O) groups is 1. The van der Waals surface area contributed by atoms with Gasteiger partial charge in [-0.2, -0.15) is 0 Å². The van der Waals surface area contributed by atoms with Crippen LogP contribution in [-0.4, -0.2) is 61.5 Å². The molecule has 1 atom stereocenters. The second kappa shape index (κ2) is 9.41. The van der Waals surface area contributed by atoms with E-state index in [2.05, 4.69) is 45.4 Å². The van der Waals surface area contributed by atoms with Crippen LogP contribution in [0.5, 0.6) is 0 Å². The maximum Gasteiger partial charge on any atom is 0.226 e. The van der Waals surface area contributed by atoms with Crippen LogP contribution in [-0.2, 0) is 11.2 Å². The fourth-order valence-corrected chi connectivity index (χ4v) is 4.52. The number of halogens is 2. The van der Waals surface area contributed by atoms with Crippen LogP contribution in [0.2, 0.25) is 0 Å². The number of carbonyl (C=O) groups excluding carboxylic acids is 1. The van der Waals surface area contributed by atoms with Crippen LogP contribution in [0.3, 0.4) is 0 Å². The second-order valence-corrected chi connectivity index (χ2v) is 7.77. The summed E-state index contributed by atoms with van der Waals surface area (Å²) in [5.41, 5.74) is 1.77. The van der Waals surface area contributed by atoms with E-state index in [1.54, 1.807) is 0 Å². The summed E-state index contributed by atoms with van der Waals surface area (Å²) in [6.07, 6.45) is 4.64. The summed E-state index contributed by atoms with van der Waals surface area (Å²) in [6.45, 7) is 7.18. The highest BCUT2D eigenvalue weighted by Crippen LogP contribution is 2.59. The minimum absolute atomic E-state index is 0. The van der Waals surface area contributed by atoms with E-state index in [0.29, 0.717) is 17.2 Å². The highest BCUT2D eigenvalue weighted by atomic mass is 35.5. The predicted octanol–water partition coefficient (Wildman–Crippen LogP) is 2.61. The van der Waals surface area contributed by atoms with Crippen LogP contribution >= 0.6 is 24.8 Å². The zero-order valence-corrected chi connectivity index (χ0v) is 17.0. The van der Waals surface area contributed by atoms with Crippen LogP contribution in [0.25, 0.3) is 0 Å². The maximum atomic E-state index is 12.8. The molecule has 1 aromatic rings. The maximum absolute atomic E-state index is 12.8. The van der Waals surface area contributed by atoms with Gasteiger partial charge in [0.1, 0.15) is 0 Å². The van der Waals surface area contributed by atoms with E-state index in [4.69, 9.17) is 0 Å². The number of benzene rings is 1. The van der Waals surface area contributed by atoms with Gasteiger partial charge in [0.2, 0.25) is 5.91 Å². The van der Waals surface area contributed by atoms with Gasteiger partial charge in [-0.3, -0.25) is 9.69 Å². The zero-order valence-electron chi connectivity index (χ0n) is 15.4. The van der Waals surface area contributed by atoms with Crippen LogP contribution < -0.4 is 5.32 Å². The van der Waals surface area contributed by atoms with Gasteiger partial charge in [-0.05, 0) is 49.8 Å². The van der Waals surface area contributed by atoms with Crippen molar-refractivity contribution in [3.8, 4) is 0 Å². The Morgan fingerprint density at radius 3 is 2.35 bits per heavy atom. The molecule has 3 aliphatic rings. The smallest absolute Gasteiger partial charge is 0.226 e. The van der Waals surface area contributed by atoms with Crippen molar-refractivity contribution in [1.29, 1.82) is 0 Å². The molecule has 1 saturated carbocycles. The minimum Gasteiger partial charge on any atom is -0.340 e. The van der Waals surface area contributed by atoms with E-state index in [-0.39, 0.29) is 24.8 Å². The molecule has 1 spiro atoms. The molecule has 1 aromatic carbocycles. The minimum atomic E-state index is 0. The Kier molecular flexibility index (Phi) is 7.77. The Morgan fingerprint density at radius 1 is 1.04 bits per heavy atom. The number of amides is 1. The van der Waals surface area contributed by atoms with Crippen LogP contribution in [0.1, 0.15) is 24.8 Å². The number of hydrogen-bond acceptors (Lipinski definition) is 3. The first-order chi connectivity index (χ1) is 11.8. The molecule has 0 bridgehead atoms. The molecule has 0 aromatic heterocycles. The third-order valence-electron chi connectivity index (χ3n) is 6.33. The lowest BCUT2D eigenvalue weighted by Crippen LogP contribution is -2.50. The van der Waals surface area contributed by atoms with Crippen LogP contribution in [0.4, 0.5) is 0 Å². The quantitative estimate of drug-likeness (QED) is 0.844. The van der Waals surface area contributed by atoms with E-state index in [9.17, 15) is 4.79 Å². The lowest BCUT2D eigenvalue weighted by atomic mass is 9.91. The van der Waals surface area contributed by atoms with Crippen molar-refractivity contribution in [3.05, 3.63) is 35.9 Å². The summed E-state index contributed by atoms with van der Waals surface area (Å²) >= 11 is 0. The van der Waals surface area contributed by atoms with Gasteiger partial charge in [0.25, 0.3) is 0 Å². The fourth-order valence-electron chi connectivity index (χ4n) is 4.52. The molecule has 2 heterocycles. The molecule has 2 saturated heterocycles. The normalized spacial score (nSPS) is 24.5. The molecule has 1 aliphatic carbocycles. The molecule has 2 aliphatic heterocycles. The van der Waals surface area contributed by atoms with Gasteiger partial charge in [0.15, 0.2) is 0 Å². The molecule has 1 unspecified atom stereocenters. The standard InChI is InChI=1S/C20H29N3O.2ClH/c24-19(18-16-20(18)7-9-21-10-8-20)23-14-12-22(13-15-23)11-6-17-4-2-1-3-5-17;;/h1-5,18,21H,6-16H2;2*1H. The zero-order chi connectivity index (χ0) is 16.4. The summed E-state index contributed by atoms with van der Waals surface area (Å²) in [4.78, 5) is 17.5. The van der Waals surface area contributed by atoms with E-state index in [0.717, 1.165) is 58.7 Å². The number of rotatable bonds is 4. The van der Waals surface area contributed by atoms with Crippen molar-refractivity contribution in [2.24, 2.45) is 11.3 Å².